The molecule has 2 aromatic rings. The molecule has 120 valence electrons. The van der Waals surface area contributed by atoms with E-state index >= 15 is 0 Å². The van der Waals surface area contributed by atoms with E-state index in [1.807, 2.05) is 11.0 Å². The minimum Gasteiger partial charge on any atom is -0.362 e. The molecule has 0 unspecified atom stereocenters. The maximum absolute atomic E-state index is 11.2. The minimum absolute atomic E-state index is 0.0252. The maximum Gasteiger partial charge on any atom is 0.294 e. The van der Waals surface area contributed by atoms with Crippen molar-refractivity contribution in [3.05, 3.63) is 50.6 Å². The number of rotatable bonds is 3. The lowest BCUT2D eigenvalue weighted by Gasteiger charge is -2.36. The molecule has 0 atom stereocenters. The summed E-state index contributed by atoms with van der Waals surface area (Å²) >= 11 is 11.6. The second-order valence-electron chi connectivity index (χ2n) is 5.08. The van der Waals surface area contributed by atoms with Crippen molar-refractivity contribution < 1.29 is 4.92 Å². The van der Waals surface area contributed by atoms with E-state index < -0.39 is 4.92 Å². The van der Waals surface area contributed by atoms with E-state index in [4.69, 9.17) is 23.2 Å². The minimum atomic E-state index is -0.405. The van der Waals surface area contributed by atoms with Crippen LogP contribution in [0.15, 0.2) is 30.3 Å². The number of aromatic nitrogens is 2. The number of nitro groups is 1. The number of nitro benzene ring substituents is 1. The van der Waals surface area contributed by atoms with Crippen LogP contribution in [-0.4, -0.2) is 41.3 Å². The van der Waals surface area contributed by atoms with Crippen LogP contribution in [0.4, 0.5) is 17.2 Å². The smallest absolute Gasteiger partial charge is 0.294 e. The second kappa shape index (κ2) is 6.55. The Bertz CT molecular complexity index is 718. The predicted octanol–water partition coefficient (Wildman–Crippen LogP) is 3.02. The highest BCUT2D eigenvalue weighted by atomic mass is 35.5. The quantitative estimate of drug-likeness (QED) is 0.623. The lowest BCUT2D eigenvalue weighted by molar-refractivity contribution is -0.384. The van der Waals surface area contributed by atoms with Gasteiger partial charge in [-0.2, -0.15) is 0 Å². The Balaban J connectivity index is 1.74. The molecule has 0 saturated carbocycles. The Labute approximate surface area is 142 Å². The number of hydrogen-bond donors (Lipinski definition) is 0. The summed E-state index contributed by atoms with van der Waals surface area (Å²) in [5.41, 5.74) is 0.610. The summed E-state index contributed by atoms with van der Waals surface area (Å²) in [5.74, 6) is 0.750. The first-order valence-electron chi connectivity index (χ1n) is 6.97. The topological polar surface area (TPSA) is 75.4 Å². The Hall–Kier alpha value is -2.12. The number of piperazine rings is 1. The van der Waals surface area contributed by atoms with Crippen LogP contribution in [-0.2, 0) is 0 Å². The number of hydrogen-bond acceptors (Lipinski definition) is 6. The van der Waals surface area contributed by atoms with Crippen molar-refractivity contribution in [1.82, 2.24) is 10.2 Å². The van der Waals surface area contributed by atoms with Gasteiger partial charge in [0.1, 0.15) is 5.69 Å². The van der Waals surface area contributed by atoms with Crippen molar-refractivity contribution in [2.24, 2.45) is 0 Å². The van der Waals surface area contributed by atoms with Gasteiger partial charge in [-0.05, 0) is 24.3 Å². The number of nitrogens with zero attached hydrogens (tertiary/aromatic N) is 5. The van der Waals surface area contributed by atoms with Gasteiger partial charge in [-0.1, -0.05) is 23.2 Å². The summed E-state index contributed by atoms with van der Waals surface area (Å²) in [6.07, 6.45) is 0. The van der Waals surface area contributed by atoms with Gasteiger partial charge in [0.2, 0.25) is 0 Å². The largest absolute Gasteiger partial charge is 0.362 e. The molecule has 2 heterocycles. The van der Waals surface area contributed by atoms with Crippen molar-refractivity contribution in [1.29, 1.82) is 0 Å². The van der Waals surface area contributed by atoms with Crippen molar-refractivity contribution in [2.45, 2.75) is 0 Å². The molecular weight excluding hydrogens is 341 g/mol. The van der Waals surface area contributed by atoms with Crippen LogP contribution in [0.3, 0.4) is 0 Å². The average molecular weight is 354 g/mol. The molecule has 0 bridgehead atoms. The molecule has 0 radical (unpaired) electrons. The molecule has 0 N–H and O–H groups in total. The highest BCUT2D eigenvalue weighted by molar-refractivity contribution is 6.31. The Morgan fingerprint density at radius 3 is 2.30 bits per heavy atom. The van der Waals surface area contributed by atoms with Gasteiger partial charge in [0.25, 0.3) is 5.69 Å². The van der Waals surface area contributed by atoms with Gasteiger partial charge in [0, 0.05) is 37.3 Å². The van der Waals surface area contributed by atoms with E-state index in [-0.39, 0.29) is 5.69 Å². The van der Waals surface area contributed by atoms with Crippen molar-refractivity contribution >= 4 is 40.4 Å². The summed E-state index contributed by atoms with van der Waals surface area (Å²) in [4.78, 5) is 14.9. The SMILES string of the molecule is O=[N+]([O-])c1cc(Cl)ccc1N1CCN(c2ccc(Cl)nn2)CC1. The van der Waals surface area contributed by atoms with Crippen LogP contribution in [0.1, 0.15) is 0 Å². The molecule has 7 nitrogen and oxygen atoms in total. The highest BCUT2D eigenvalue weighted by Gasteiger charge is 2.24. The van der Waals surface area contributed by atoms with Gasteiger partial charge in [0.15, 0.2) is 11.0 Å². The van der Waals surface area contributed by atoms with E-state index in [9.17, 15) is 10.1 Å². The first kappa shape index (κ1) is 15.8. The Morgan fingerprint density at radius 1 is 1.00 bits per heavy atom. The zero-order chi connectivity index (χ0) is 16.4. The molecule has 1 saturated heterocycles. The second-order valence-corrected chi connectivity index (χ2v) is 5.90. The standard InChI is InChI=1S/C14H13Cl2N5O2/c15-10-1-2-11(12(9-10)21(22)23)19-5-7-20(8-6-19)14-4-3-13(16)17-18-14/h1-4,9H,5-8H2. The molecule has 1 aliphatic heterocycles. The molecular formula is C14H13Cl2N5O2. The normalized spacial score (nSPS) is 14.9. The van der Waals surface area contributed by atoms with Crippen molar-refractivity contribution in [3.8, 4) is 0 Å². The lowest BCUT2D eigenvalue weighted by Crippen LogP contribution is -2.47. The number of anilines is 2. The van der Waals surface area contributed by atoms with Gasteiger partial charge in [-0.3, -0.25) is 10.1 Å². The first-order valence-corrected chi connectivity index (χ1v) is 7.73. The Kier molecular flexibility index (Phi) is 4.49. The summed E-state index contributed by atoms with van der Waals surface area (Å²) < 4.78 is 0. The lowest BCUT2D eigenvalue weighted by atomic mass is 10.2. The fourth-order valence-electron chi connectivity index (χ4n) is 2.56. The Morgan fingerprint density at radius 2 is 1.70 bits per heavy atom. The summed E-state index contributed by atoms with van der Waals surface area (Å²) in [6.45, 7) is 2.67. The molecule has 0 aliphatic carbocycles. The first-order chi connectivity index (χ1) is 11.0. The van der Waals surface area contributed by atoms with Crippen LogP contribution in [0.5, 0.6) is 0 Å². The molecule has 0 amide bonds. The van der Waals surface area contributed by atoms with Crippen LogP contribution in [0.2, 0.25) is 10.2 Å². The molecule has 1 aromatic carbocycles. The molecule has 0 spiro atoms. The van der Waals surface area contributed by atoms with Gasteiger partial charge in [-0.15, -0.1) is 10.2 Å². The number of benzene rings is 1. The van der Waals surface area contributed by atoms with Gasteiger partial charge < -0.3 is 9.80 Å². The predicted molar refractivity (Wildman–Crippen MR) is 89.6 cm³/mol. The average Bonchev–Trinajstić information content (AvgIpc) is 2.56. The molecule has 1 aliphatic rings. The molecule has 1 fully saturated rings. The van der Waals surface area contributed by atoms with E-state index in [0.29, 0.717) is 42.0 Å². The fourth-order valence-corrected chi connectivity index (χ4v) is 2.83. The molecule has 23 heavy (non-hydrogen) atoms. The molecule has 9 heteroatoms. The van der Waals surface area contributed by atoms with Crippen molar-refractivity contribution in [3.63, 3.8) is 0 Å². The summed E-state index contributed by atoms with van der Waals surface area (Å²) in [7, 11) is 0. The van der Waals surface area contributed by atoms with Crippen LogP contribution >= 0.6 is 23.2 Å². The fraction of sp³-hybridized carbons (Fsp3) is 0.286. The van der Waals surface area contributed by atoms with E-state index in [1.165, 1.54) is 6.07 Å². The van der Waals surface area contributed by atoms with Crippen LogP contribution < -0.4 is 9.80 Å². The molecule has 3 rings (SSSR count). The third kappa shape index (κ3) is 3.46. The summed E-state index contributed by atoms with van der Waals surface area (Å²) in [6, 6.07) is 8.25. The monoisotopic (exact) mass is 353 g/mol. The third-order valence-corrected chi connectivity index (χ3v) is 4.13. The van der Waals surface area contributed by atoms with Gasteiger partial charge in [0.05, 0.1) is 4.92 Å². The van der Waals surface area contributed by atoms with Gasteiger partial charge in [-0.25, -0.2) is 0 Å². The zero-order valence-electron chi connectivity index (χ0n) is 12.0. The number of halogens is 2. The van der Waals surface area contributed by atoms with E-state index in [0.717, 1.165) is 5.82 Å². The highest BCUT2D eigenvalue weighted by Crippen LogP contribution is 2.32. The zero-order valence-corrected chi connectivity index (χ0v) is 13.5. The van der Waals surface area contributed by atoms with E-state index in [1.54, 1.807) is 18.2 Å². The van der Waals surface area contributed by atoms with Crippen molar-refractivity contribution in [2.75, 3.05) is 36.0 Å². The molecule has 1 aromatic heterocycles. The summed E-state index contributed by atoms with van der Waals surface area (Å²) in [5, 5.41) is 19.8. The van der Waals surface area contributed by atoms with Crippen LogP contribution in [0, 0.1) is 10.1 Å². The maximum atomic E-state index is 11.2. The van der Waals surface area contributed by atoms with E-state index in [2.05, 4.69) is 15.1 Å². The third-order valence-electron chi connectivity index (χ3n) is 3.70. The van der Waals surface area contributed by atoms with Gasteiger partial charge >= 0.3 is 0 Å². The van der Waals surface area contributed by atoms with Crippen LogP contribution in [0.25, 0.3) is 0 Å².